The first-order valence-electron chi connectivity index (χ1n) is 7.31. The number of carbonyl (C=O) groups is 2. The normalized spacial score (nSPS) is 14.6. The van der Waals surface area contributed by atoms with Crippen molar-refractivity contribution in [3.05, 3.63) is 17.7 Å². The number of methoxy groups -OCH3 is 3. The van der Waals surface area contributed by atoms with Crippen molar-refractivity contribution >= 4 is 11.9 Å². The Bertz CT molecular complexity index is 596. The zero-order valence-electron chi connectivity index (χ0n) is 13.7. The number of carbonyl (C=O) groups excluding carboxylic acids is 2. The standard InChI is InChI=1S/C16H21NO6/c1-9(15(18)17-10-5-6-10)23-16(19)11-7-13(21-3)14(22-4)8-12(11)20-2/h7-10H,5-6H2,1-4H3,(H,17,18)/t9-/m0/s1. The molecule has 0 aromatic heterocycles. The van der Waals surface area contributed by atoms with Gasteiger partial charge in [-0.3, -0.25) is 4.79 Å². The maximum absolute atomic E-state index is 12.3. The van der Waals surface area contributed by atoms with Crippen molar-refractivity contribution in [2.24, 2.45) is 0 Å². The van der Waals surface area contributed by atoms with Crippen LogP contribution in [0, 0.1) is 0 Å². The molecule has 7 heteroatoms. The molecule has 1 aliphatic carbocycles. The first-order valence-corrected chi connectivity index (χ1v) is 7.31. The average molecular weight is 323 g/mol. The molecule has 1 atom stereocenters. The number of hydrogen-bond donors (Lipinski definition) is 1. The molecule has 1 N–H and O–H groups in total. The van der Waals surface area contributed by atoms with Crippen molar-refractivity contribution in [3.8, 4) is 17.2 Å². The van der Waals surface area contributed by atoms with E-state index in [1.165, 1.54) is 40.4 Å². The van der Waals surface area contributed by atoms with Gasteiger partial charge >= 0.3 is 5.97 Å². The van der Waals surface area contributed by atoms with E-state index in [-0.39, 0.29) is 23.3 Å². The monoisotopic (exact) mass is 323 g/mol. The average Bonchev–Trinajstić information content (AvgIpc) is 3.36. The topological polar surface area (TPSA) is 83.1 Å². The maximum atomic E-state index is 12.3. The summed E-state index contributed by atoms with van der Waals surface area (Å²) in [5.74, 6) is 0.111. The van der Waals surface area contributed by atoms with Gasteiger partial charge in [-0.25, -0.2) is 4.79 Å². The second-order valence-corrected chi connectivity index (χ2v) is 5.24. The van der Waals surface area contributed by atoms with Crippen molar-refractivity contribution in [1.29, 1.82) is 0 Å². The summed E-state index contributed by atoms with van der Waals surface area (Å²) in [4.78, 5) is 24.2. The Morgan fingerprint density at radius 2 is 1.61 bits per heavy atom. The number of rotatable bonds is 7. The fourth-order valence-corrected chi connectivity index (χ4v) is 2.01. The minimum Gasteiger partial charge on any atom is -0.496 e. The fraction of sp³-hybridized carbons (Fsp3) is 0.500. The molecule has 1 saturated carbocycles. The van der Waals surface area contributed by atoms with Crippen LogP contribution in [0.4, 0.5) is 0 Å². The van der Waals surface area contributed by atoms with Gasteiger partial charge in [0, 0.05) is 18.2 Å². The van der Waals surface area contributed by atoms with E-state index in [4.69, 9.17) is 18.9 Å². The van der Waals surface area contributed by atoms with Gasteiger partial charge in [0.05, 0.1) is 21.3 Å². The molecular formula is C16H21NO6. The van der Waals surface area contributed by atoms with E-state index in [9.17, 15) is 9.59 Å². The molecule has 0 radical (unpaired) electrons. The number of esters is 1. The third kappa shape index (κ3) is 4.06. The fourth-order valence-electron chi connectivity index (χ4n) is 2.01. The molecule has 0 heterocycles. The lowest BCUT2D eigenvalue weighted by molar-refractivity contribution is -0.129. The first kappa shape index (κ1) is 16.9. The molecule has 1 aromatic carbocycles. The van der Waals surface area contributed by atoms with E-state index >= 15 is 0 Å². The summed E-state index contributed by atoms with van der Waals surface area (Å²) < 4.78 is 20.7. The molecule has 1 aliphatic rings. The Morgan fingerprint density at radius 3 is 2.13 bits per heavy atom. The number of hydrogen-bond acceptors (Lipinski definition) is 6. The molecule has 0 bridgehead atoms. The smallest absolute Gasteiger partial charge is 0.342 e. The Morgan fingerprint density at radius 1 is 1.04 bits per heavy atom. The molecule has 0 unspecified atom stereocenters. The van der Waals surface area contributed by atoms with Crippen molar-refractivity contribution < 1.29 is 28.5 Å². The number of benzene rings is 1. The molecule has 0 saturated heterocycles. The molecule has 1 fully saturated rings. The Kier molecular flexibility index (Phi) is 5.31. The second-order valence-electron chi connectivity index (χ2n) is 5.24. The lowest BCUT2D eigenvalue weighted by Gasteiger charge is -2.16. The largest absolute Gasteiger partial charge is 0.496 e. The van der Waals surface area contributed by atoms with Crippen molar-refractivity contribution in [2.45, 2.75) is 31.9 Å². The van der Waals surface area contributed by atoms with Gasteiger partial charge in [-0.2, -0.15) is 0 Å². The van der Waals surface area contributed by atoms with E-state index in [0.717, 1.165) is 12.8 Å². The van der Waals surface area contributed by atoms with Crippen LogP contribution in [0.2, 0.25) is 0 Å². The molecular weight excluding hydrogens is 302 g/mol. The van der Waals surface area contributed by atoms with Gasteiger partial charge in [0.2, 0.25) is 0 Å². The van der Waals surface area contributed by atoms with Crippen LogP contribution in [-0.4, -0.2) is 45.4 Å². The van der Waals surface area contributed by atoms with Crippen molar-refractivity contribution in [2.75, 3.05) is 21.3 Å². The molecule has 126 valence electrons. The van der Waals surface area contributed by atoms with E-state index in [2.05, 4.69) is 5.32 Å². The lowest BCUT2D eigenvalue weighted by Crippen LogP contribution is -2.37. The number of ether oxygens (including phenoxy) is 4. The summed E-state index contributed by atoms with van der Waals surface area (Å²) in [7, 11) is 4.38. The minimum atomic E-state index is -0.888. The Hall–Kier alpha value is -2.44. The van der Waals surface area contributed by atoms with Crippen LogP contribution in [0.25, 0.3) is 0 Å². The van der Waals surface area contributed by atoms with Gasteiger partial charge in [0.15, 0.2) is 17.6 Å². The summed E-state index contributed by atoms with van der Waals surface area (Å²) in [6.45, 7) is 1.53. The molecule has 2 rings (SSSR count). The van der Waals surface area contributed by atoms with Crippen LogP contribution in [0.15, 0.2) is 12.1 Å². The predicted octanol–water partition coefficient (Wildman–Crippen LogP) is 1.54. The zero-order chi connectivity index (χ0) is 17.0. The number of amides is 1. The van der Waals surface area contributed by atoms with E-state index in [1.807, 2.05) is 0 Å². The Labute approximate surface area is 134 Å². The van der Waals surface area contributed by atoms with Crippen LogP contribution >= 0.6 is 0 Å². The predicted molar refractivity (Wildman–Crippen MR) is 82.1 cm³/mol. The van der Waals surface area contributed by atoms with Gasteiger partial charge < -0.3 is 24.3 Å². The molecule has 1 amide bonds. The van der Waals surface area contributed by atoms with Gasteiger partial charge in [0.1, 0.15) is 11.3 Å². The summed E-state index contributed by atoms with van der Waals surface area (Å²) in [6.07, 6.45) is 1.05. The summed E-state index contributed by atoms with van der Waals surface area (Å²) in [6, 6.07) is 3.20. The van der Waals surface area contributed by atoms with E-state index in [1.54, 1.807) is 0 Å². The lowest BCUT2D eigenvalue weighted by atomic mass is 10.1. The van der Waals surface area contributed by atoms with E-state index in [0.29, 0.717) is 11.5 Å². The molecule has 7 nitrogen and oxygen atoms in total. The highest BCUT2D eigenvalue weighted by atomic mass is 16.6. The zero-order valence-corrected chi connectivity index (χ0v) is 13.7. The summed E-state index contributed by atoms with van der Waals surface area (Å²) >= 11 is 0. The van der Waals surface area contributed by atoms with Crippen LogP contribution in [0.1, 0.15) is 30.1 Å². The first-order chi connectivity index (χ1) is 11.0. The van der Waals surface area contributed by atoms with Crippen LogP contribution < -0.4 is 19.5 Å². The van der Waals surface area contributed by atoms with Crippen LogP contribution in [0.3, 0.4) is 0 Å². The van der Waals surface area contributed by atoms with Crippen molar-refractivity contribution in [3.63, 3.8) is 0 Å². The van der Waals surface area contributed by atoms with Gasteiger partial charge in [-0.1, -0.05) is 0 Å². The van der Waals surface area contributed by atoms with Gasteiger partial charge in [0.25, 0.3) is 5.91 Å². The third-order valence-corrected chi connectivity index (χ3v) is 3.50. The summed E-state index contributed by atoms with van der Waals surface area (Å²) in [5.41, 5.74) is 0.163. The molecule has 0 aliphatic heterocycles. The quantitative estimate of drug-likeness (QED) is 0.766. The van der Waals surface area contributed by atoms with Crippen LogP contribution in [0.5, 0.6) is 17.2 Å². The van der Waals surface area contributed by atoms with Gasteiger partial charge in [-0.15, -0.1) is 0 Å². The Balaban J connectivity index is 2.15. The summed E-state index contributed by atoms with van der Waals surface area (Å²) in [5, 5.41) is 2.79. The highest BCUT2D eigenvalue weighted by molar-refractivity contribution is 5.95. The highest BCUT2D eigenvalue weighted by Crippen LogP contribution is 2.35. The third-order valence-electron chi connectivity index (χ3n) is 3.50. The molecule has 1 aromatic rings. The van der Waals surface area contributed by atoms with E-state index < -0.39 is 12.1 Å². The SMILES string of the molecule is COc1cc(OC)c(C(=O)O[C@@H](C)C(=O)NC2CC2)cc1OC. The molecule has 23 heavy (non-hydrogen) atoms. The van der Waals surface area contributed by atoms with Crippen LogP contribution in [-0.2, 0) is 9.53 Å². The second kappa shape index (κ2) is 7.21. The van der Waals surface area contributed by atoms with Gasteiger partial charge in [-0.05, 0) is 19.8 Å². The number of nitrogens with one attached hydrogen (secondary N) is 1. The molecule has 0 spiro atoms. The highest BCUT2D eigenvalue weighted by Gasteiger charge is 2.28. The minimum absolute atomic E-state index is 0.163. The maximum Gasteiger partial charge on any atom is 0.342 e. The van der Waals surface area contributed by atoms with Crippen molar-refractivity contribution in [1.82, 2.24) is 5.32 Å².